The first-order valence-corrected chi connectivity index (χ1v) is 9.66. The zero-order valence-corrected chi connectivity index (χ0v) is 17.9. The largest absolute Gasteiger partial charge is 0.508 e. The summed E-state index contributed by atoms with van der Waals surface area (Å²) in [7, 11) is 0. The molecule has 2 N–H and O–H groups in total. The second kappa shape index (κ2) is 7.84. The number of carbonyl (C=O) groups is 2. The summed E-state index contributed by atoms with van der Waals surface area (Å²) in [6, 6.07) is 0. The Labute approximate surface area is 174 Å². The number of hydrogen-bond acceptors (Lipinski definition) is 10. The van der Waals surface area contributed by atoms with Gasteiger partial charge in [0.1, 0.15) is 23.7 Å². The second-order valence-corrected chi connectivity index (χ2v) is 8.41. The highest BCUT2D eigenvalue weighted by Gasteiger charge is 2.46. The standard InChI is InChI=1S/2C10H14O5/c2*1-5-7(11)8(14-9(5)12)6-4-13-10(2,3)15-6/h2*6,8,11H,4H2,1-3H3/t2*6-,8+/m00/s1. The Morgan fingerprint density at radius 3 is 1.27 bits per heavy atom. The van der Waals surface area contributed by atoms with Crippen LogP contribution in [0.2, 0.25) is 0 Å². The first-order chi connectivity index (χ1) is 13.8. The number of aliphatic hydroxyl groups excluding tert-OH is 2. The lowest BCUT2D eigenvalue weighted by atomic mass is 10.1. The molecule has 4 aliphatic heterocycles. The van der Waals surface area contributed by atoms with Crippen LogP contribution in [-0.4, -0.2) is 71.4 Å². The minimum absolute atomic E-state index is 0.0497. The number of rotatable bonds is 2. The number of cyclic esters (lactones) is 2. The van der Waals surface area contributed by atoms with E-state index >= 15 is 0 Å². The molecule has 0 radical (unpaired) electrons. The quantitative estimate of drug-likeness (QED) is 0.628. The molecule has 4 atom stereocenters. The molecular formula is C20H28O10. The Balaban J connectivity index is 0.000000171. The van der Waals surface area contributed by atoms with E-state index in [9.17, 15) is 19.8 Å². The van der Waals surface area contributed by atoms with Gasteiger partial charge >= 0.3 is 11.9 Å². The zero-order chi connectivity index (χ0) is 22.4. The summed E-state index contributed by atoms with van der Waals surface area (Å²) in [4.78, 5) is 22.4. The van der Waals surface area contributed by atoms with Crippen molar-refractivity contribution in [2.75, 3.05) is 13.2 Å². The van der Waals surface area contributed by atoms with Crippen molar-refractivity contribution in [1.29, 1.82) is 0 Å². The SMILES string of the molecule is CC1=C(O)[C@@H]([C@@H]2COC(C)(C)O2)OC1=O.CC1=C(O)[C@@H]([C@@H]2COC(C)(C)O2)OC1=O. The van der Waals surface area contributed by atoms with E-state index in [0.29, 0.717) is 13.2 Å². The maximum absolute atomic E-state index is 11.2. The van der Waals surface area contributed by atoms with Crippen molar-refractivity contribution in [2.24, 2.45) is 0 Å². The van der Waals surface area contributed by atoms with Crippen LogP contribution in [0.4, 0.5) is 0 Å². The molecule has 4 aliphatic rings. The molecule has 0 spiro atoms. The summed E-state index contributed by atoms with van der Waals surface area (Å²) < 4.78 is 31.7. The molecule has 0 bridgehead atoms. The van der Waals surface area contributed by atoms with Gasteiger partial charge in [0.15, 0.2) is 23.8 Å². The fourth-order valence-electron chi connectivity index (χ4n) is 3.39. The zero-order valence-electron chi connectivity index (χ0n) is 17.9. The van der Waals surface area contributed by atoms with Crippen LogP contribution in [0.5, 0.6) is 0 Å². The Bertz CT molecular complexity index is 727. The highest BCUT2D eigenvalue weighted by Crippen LogP contribution is 2.32. The first-order valence-electron chi connectivity index (χ1n) is 9.66. The van der Waals surface area contributed by atoms with Crippen molar-refractivity contribution < 1.29 is 48.2 Å². The van der Waals surface area contributed by atoms with Crippen molar-refractivity contribution in [3.05, 3.63) is 22.7 Å². The molecule has 0 aromatic heterocycles. The van der Waals surface area contributed by atoms with Crippen LogP contribution in [0.15, 0.2) is 22.7 Å². The summed E-state index contributed by atoms with van der Waals surface area (Å²) in [5, 5.41) is 19.3. The lowest BCUT2D eigenvalue weighted by molar-refractivity contribution is -0.162. The van der Waals surface area contributed by atoms with E-state index in [-0.39, 0.29) is 22.7 Å². The summed E-state index contributed by atoms with van der Waals surface area (Å²) >= 11 is 0. The minimum Gasteiger partial charge on any atom is -0.508 e. The highest BCUT2D eigenvalue weighted by atomic mass is 16.8. The molecule has 0 aliphatic carbocycles. The molecule has 0 aromatic rings. The van der Waals surface area contributed by atoms with E-state index in [2.05, 4.69) is 0 Å². The Morgan fingerprint density at radius 2 is 1.07 bits per heavy atom. The Kier molecular flexibility index (Phi) is 5.89. The maximum atomic E-state index is 11.2. The van der Waals surface area contributed by atoms with Gasteiger partial charge in [-0.3, -0.25) is 0 Å². The lowest BCUT2D eigenvalue weighted by Gasteiger charge is -2.20. The third kappa shape index (κ3) is 4.46. The molecule has 0 aromatic carbocycles. The van der Waals surface area contributed by atoms with Crippen LogP contribution in [-0.2, 0) is 38.0 Å². The van der Waals surface area contributed by atoms with Gasteiger partial charge in [-0.1, -0.05) is 0 Å². The summed E-state index contributed by atoms with van der Waals surface area (Å²) in [6.45, 7) is 10.8. The van der Waals surface area contributed by atoms with E-state index < -0.39 is 47.9 Å². The van der Waals surface area contributed by atoms with Crippen molar-refractivity contribution >= 4 is 11.9 Å². The monoisotopic (exact) mass is 428 g/mol. The van der Waals surface area contributed by atoms with Gasteiger partial charge < -0.3 is 38.6 Å². The highest BCUT2D eigenvalue weighted by molar-refractivity contribution is 5.91. The molecular weight excluding hydrogens is 400 g/mol. The predicted octanol–water partition coefficient (Wildman–Crippen LogP) is 1.79. The molecule has 4 heterocycles. The average Bonchev–Trinajstić information content (AvgIpc) is 3.35. The summed E-state index contributed by atoms with van der Waals surface area (Å²) in [5.41, 5.74) is 0.488. The van der Waals surface area contributed by atoms with Crippen LogP contribution in [0, 0.1) is 0 Å². The van der Waals surface area contributed by atoms with Gasteiger partial charge in [0.25, 0.3) is 0 Å². The van der Waals surface area contributed by atoms with E-state index in [1.54, 1.807) is 27.7 Å². The van der Waals surface area contributed by atoms with Gasteiger partial charge in [0.2, 0.25) is 0 Å². The topological polar surface area (TPSA) is 130 Å². The van der Waals surface area contributed by atoms with E-state index in [0.717, 1.165) is 0 Å². The van der Waals surface area contributed by atoms with Crippen molar-refractivity contribution in [3.63, 3.8) is 0 Å². The molecule has 168 valence electrons. The van der Waals surface area contributed by atoms with Crippen LogP contribution < -0.4 is 0 Å². The van der Waals surface area contributed by atoms with Gasteiger partial charge in [-0.2, -0.15) is 0 Å². The minimum atomic E-state index is -0.723. The van der Waals surface area contributed by atoms with Gasteiger partial charge in [0, 0.05) is 0 Å². The maximum Gasteiger partial charge on any atom is 0.338 e. The van der Waals surface area contributed by atoms with Crippen molar-refractivity contribution in [1.82, 2.24) is 0 Å². The predicted molar refractivity (Wildman–Crippen MR) is 100 cm³/mol. The molecule has 4 rings (SSSR count). The molecule has 10 nitrogen and oxygen atoms in total. The third-order valence-electron chi connectivity index (χ3n) is 5.12. The fourth-order valence-corrected chi connectivity index (χ4v) is 3.39. The summed E-state index contributed by atoms with van der Waals surface area (Å²) in [6.07, 6.45) is -2.30. The third-order valence-corrected chi connectivity index (χ3v) is 5.12. The molecule has 0 amide bonds. The average molecular weight is 428 g/mol. The summed E-state index contributed by atoms with van der Waals surface area (Å²) in [5.74, 6) is -2.46. The molecule has 0 saturated carbocycles. The number of aliphatic hydroxyl groups is 2. The molecule has 2 saturated heterocycles. The van der Waals surface area contributed by atoms with Gasteiger partial charge in [-0.15, -0.1) is 0 Å². The molecule has 2 fully saturated rings. The first kappa shape index (κ1) is 22.5. The number of carbonyl (C=O) groups excluding carboxylic acids is 2. The lowest BCUT2D eigenvalue weighted by Crippen LogP contribution is -2.32. The van der Waals surface area contributed by atoms with Gasteiger partial charge in [-0.05, 0) is 41.5 Å². The second-order valence-electron chi connectivity index (χ2n) is 8.41. The Hall–Kier alpha value is -2.14. The van der Waals surface area contributed by atoms with E-state index in [1.807, 2.05) is 0 Å². The van der Waals surface area contributed by atoms with Crippen LogP contribution in [0.1, 0.15) is 41.5 Å². The normalized spacial score (nSPS) is 34.7. The number of ether oxygens (including phenoxy) is 6. The van der Waals surface area contributed by atoms with Crippen molar-refractivity contribution in [3.8, 4) is 0 Å². The van der Waals surface area contributed by atoms with Crippen molar-refractivity contribution in [2.45, 2.75) is 77.5 Å². The fraction of sp³-hybridized carbons (Fsp3) is 0.700. The smallest absolute Gasteiger partial charge is 0.338 e. The van der Waals surface area contributed by atoms with E-state index in [4.69, 9.17) is 28.4 Å². The number of esters is 2. The van der Waals surface area contributed by atoms with Gasteiger partial charge in [-0.25, -0.2) is 9.59 Å². The van der Waals surface area contributed by atoms with Crippen LogP contribution >= 0.6 is 0 Å². The Morgan fingerprint density at radius 1 is 0.733 bits per heavy atom. The van der Waals surface area contributed by atoms with Gasteiger partial charge in [0.05, 0.1) is 24.4 Å². The number of hydrogen-bond donors (Lipinski definition) is 2. The molecule has 10 heteroatoms. The van der Waals surface area contributed by atoms with E-state index in [1.165, 1.54) is 13.8 Å². The molecule has 0 unspecified atom stereocenters. The molecule has 30 heavy (non-hydrogen) atoms. The van der Waals surface area contributed by atoms with Crippen LogP contribution in [0.3, 0.4) is 0 Å². The van der Waals surface area contributed by atoms with Crippen LogP contribution in [0.25, 0.3) is 0 Å².